The van der Waals surface area contributed by atoms with Crippen molar-refractivity contribution >= 4 is 5.91 Å². The molecule has 174 valence electrons. The van der Waals surface area contributed by atoms with Gasteiger partial charge in [-0.05, 0) is 56.0 Å². The van der Waals surface area contributed by atoms with Gasteiger partial charge in [0, 0.05) is 36.8 Å². The Morgan fingerprint density at radius 2 is 1.91 bits per heavy atom. The average Bonchev–Trinajstić information content (AvgIpc) is 3.49. The Balaban J connectivity index is 1.50. The topological polar surface area (TPSA) is 71.2 Å². The molecule has 1 aliphatic heterocycles. The van der Waals surface area contributed by atoms with Crippen molar-refractivity contribution in [1.29, 1.82) is 5.26 Å². The zero-order chi connectivity index (χ0) is 23.9. The summed E-state index contributed by atoms with van der Waals surface area (Å²) in [5.74, 6) is -0.551. The second-order valence-electron chi connectivity index (χ2n) is 8.85. The number of carbonyl (C=O) groups excluding carboxylic acids is 1. The van der Waals surface area contributed by atoms with E-state index in [1.807, 2.05) is 6.20 Å². The molecule has 3 aromatic rings. The lowest BCUT2D eigenvalue weighted by molar-refractivity contribution is 0.0720. The molecule has 2 aromatic carbocycles. The van der Waals surface area contributed by atoms with Gasteiger partial charge >= 0.3 is 0 Å². The van der Waals surface area contributed by atoms with E-state index in [1.54, 1.807) is 27.8 Å². The first kappa shape index (κ1) is 22.1. The summed E-state index contributed by atoms with van der Waals surface area (Å²) in [5, 5.41) is 14.2. The largest absolute Gasteiger partial charge is 0.495 e. The average molecular weight is 463 g/mol. The zero-order valence-corrected chi connectivity index (χ0v) is 18.9. The van der Waals surface area contributed by atoms with E-state index in [1.165, 1.54) is 25.3 Å². The van der Waals surface area contributed by atoms with E-state index in [0.717, 1.165) is 29.8 Å². The molecule has 0 radical (unpaired) electrons. The molecule has 2 heterocycles. The first-order valence-corrected chi connectivity index (χ1v) is 11.4. The minimum absolute atomic E-state index is 0.127. The number of fused-ring (bicyclic) bond motifs is 1. The predicted octanol–water partition coefficient (Wildman–Crippen LogP) is 4.83. The standard InChI is InChI=1S/C26H24F2N4O2/c1-34-24-17(14-29)4-9-21(26(28)11-2-3-12-26)23(24)25(33)31-13-10-22-18(15-31)16-32(30-22)20-7-5-19(27)6-8-20/h4-9,16H,2-3,10-13,15H2,1H3. The molecule has 8 heteroatoms. The van der Waals surface area contributed by atoms with Gasteiger partial charge in [0.25, 0.3) is 5.91 Å². The summed E-state index contributed by atoms with van der Waals surface area (Å²) in [7, 11) is 1.40. The molecule has 0 atom stereocenters. The van der Waals surface area contributed by atoms with Gasteiger partial charge in [-0.15, -0.1) is 0 Å². The number of ether oxygens (including phenoxy) is 1. The summed E-state index contributed by atoms with van der Waals surface area (Å²) in [6.07, 6.45) is 4.56. The van der Waals surface area contributed by atoms with E-state index in [9.17, 15) is 14.4 Å². The predicted molar refractivity (Wildman–Crippen MR) is 121 cm³/mol. The smallest absolute Gasteiger partial charge is 0.258 e. The van der Waals surface area contributed by atoms with E-state index in [4.69, 9.17) is 4.74 Å². The highest BCUT2D eigenvalue weighted by molar-refractivity contribution is 5.99. The number of rotatable bonds is 4. The first-order chi connectivity index (χ1) is 16.4. The Bertz CT molecular complexity index is 1290. The van der Waals surface area contributed by atoms with Crippen molar-refractivity contribution in [2.24, 2.45) is 0 Å². The molecule has 1 saturated carbocycles. The van der Waals surface area contributed by atoms with Crippen LogP contribution in [0, 0.1) is 17.1 Å². The van der Waals surface area contributed by atoms with Crippen LogP contribution in [0.15, 0.2) is 42.6 Å². The van der Waals surface area contributed by atoms with Crippen molar-refractivity contribution in [3.05, 3.63) is 76.4 Å². The Labute approximate surface area is 196 Å². The lowest BCUT2D eigenvalue weighted by Gasteiger charge is -2.30. The third kappa shape index (κ3) is 3.71. The van der Waals surface area contributed by atoms with Crippen LogP contribution in [0.25, 0.3) is 5.69 Å². The maximum atomic E-state index is 15.9. The van der Waals surface area contributed by atoms with Crippen LogP contribution in [-0.2, 0) is 18.6 Å². The van der Waals surface area contributed by atoms with Crippen molar-refractivity contribution in [3.8, 4) is 17.5 Å². The Morgan fingerprint density at radius 1 is 1.18 bits per heavy atom. The van der Waals surface area contributed by atoms with E-state index < -0.39 is 5.67 Å². The molecule has 0 saturated heterocycles. The number of benzene rings is 2. The molecule has 0 N–H and O–H groups in total. The van der Waals surface area contributed by atoms with Crippen molar-refractivity contribution in [3.63, 3.8) is 0 Å². The molecule has 1 fully saturated rings. The van der Waals surface area contributed by atoms with E-state index >= 15 is 4.39 Å². The van der Waals surface area contributed by atoms with Gasteiger partial charge in [-0.3, -0.25) is 4.79 Å². The number of aromatic nitrogens is 2. The van der Waals surface area contributed by atoms with Gasteiger partial charge in [0.1, 0.15) is 23.3 Å². The Kier molecular flexibility index (Phi) is 5.56. The minimum atomic E-state index is -1.61. The third-order valence-corrected chi connectivity index (χ3v) is 6.81. The maximum Gasteiger partial charge on any atom is 0.258 e. The molecule has 0 unspecified atom stereocenters. The highest BCUT2D eigenvalue weighted by Gasteiger charge is 2.41. The molecule has 1 aromatic heterocycles. The minimum Gasteiger partial charge on any atom is -0.495 e. The Morgan fingerprint density at radius 3 is 2.59 bits per heavy atom. The molecule has 0 spiro atoms. The second kappa shape index (κ2) is 8.56. The summed E-state index contributed by atoms with van der Waals surface area (Å²) >= 11 is 0. The quantitative estimate of drug-likeness (QED) is 0.557. The summed E-state index contributed by atoms with van der Waals surface area (Å²) in [5.41, 5.74) is 1.50. The number of hydrogen-bond donors (Lipinski definition) is 0. The monoisotopic (exact) mass is 462 g/mol. The molecule has 6 nitrogen and oxygen atoms in total. The van der Waals surface area contributed by atoms with E-state index in [2.05, 4.69) is 11.2 Å². The van der Waals surface area contributed by atoms with Crippen molar-refractivity contribution in [2.75, 3.05) is 13.7 Å². The Hall–Kier alpha value is -3.73. The van der Waals surface area contributed by atoms with Crippen LogP contribution < -0.4 is 4.74 Å². The van der Waals surface area contributed by atoms with Crippen LogP contribution >= 0.6 is 0 Å². The number of halogens is 2. The van der Waals surface area contributed by atoms with Crippen molar-refractivity contribution in [2.45, 2.75) is 44.3 Å². The van der Waals surface area contributed by atoms with Crippen LogP contribution in [0.5, 0.6) is 5.75 Å². The number of amides is 1. The summed E-state index contributed by atoms with van der Waals surface area (Å²) in [6, 6.07) is 11.2. The van der Waals surface area contributed by atoms with Gasteiger partial charge in [-0.2, -0.15) is 10.4 Å². The number of alkyl halides is 1. The van der Waals surface area contributed by atoms with Crippen LogP contribution in [0.4, 0.5) is 8.78 Å². The van der Waals surface area contributed by atoms with Gasteiger partial charge < -0.3 is 9.64 Å². The van der Waals surface area contributed by atoms with Gasteiger partial charge in [0.15, 0.2) is 0 Å². The number of nitriles is 1. The fourth-order valence-corrected chi connectivity index (χ4v) is 5.04. The van der Waals surface area contributed by atoms with Crippen molar-refractivity contribution in [1.82, 2.24) is 14.7 Å². The molecule has 0 bridgehead atoms. The van der Waals surface area contributed by atoms with Crippen LogP contribution in [0.1, 0.15) is 58.4 Å². The molecule has 2 aliphatic rings. The molecular weight excluding hydrogens is 438 g/mol. The SMILES string of the molecule is COc1c(C#N)ccc(C2(F)CCCC2)c1C(=O)N1CCc2nn(-c3ccc(F)cc3)cc2C1. The molecule has 1 amide bonds. The lowest BCUT2D eigenvalue weighted by Crippen LogP contribution is -2.37. The maximum absolute atomic E-state index is 15.9. The molecular formula is C26H24F2N4O2. The van der Waals surface area contributed by atoms with Crippen molar-refractivity contribution < 1.29 is 18.3 Å². The molecule has 34 heavy (non-hydrogen) atoms. The van der Waals surface area contributed by atoms with Crippen LogP contribution in [-0.4, -0.2) is 34.2 Å². The number of methoxy groups -OCH3 is 1. The van der Waals surface area contributed by atoms with Crippen LogP contribution in [0.2, 0.25) is 0 Å². The highest BCUT2D eigenvalue weighted by Crippen LogP contribution is 2.46. The second-order valence-corrected chi connectivity index (χ2v) is 8.85. The lowest BCUT2D eigenvalue weighted by atomic mass is 9.87. The third-order valence-electron chi connectivity index (χ3n) is 6.81. The van der Waals surface area contributed by atoms with E-state index in [0.29, 0.717) is 37.9 Å². The number of carbonyl (C=O) groups is 1. The van der Waals surface area contributed by atoms with E-state index in [-0.39, 0.29) is 28.6 Å². The van der Waals surface area contributed by atoms with Gasteiger partial charge in [-0.25, -0.2) is 13.5 Å². The van der Waals surface area contributed by atoms with Gasteiger partial charge in [0.05, 0.1) is 29.6 Å². The molecule has 1 aliphatic carbocycles. The fourth-order valence-electron chi connectivity index (χ4n) is 5.04. The first-order valence-electron chi connectivity index (χ1n) is 11.4. The normalized spacial score (nSPS) is 16.7. The molecule has 5 rings (SSSR count). The van der Waals surface area contributed by atoms with Gasteiger partial charge in [0.2, 0.25) is 0 Å². The highest BCUT2D eigenvalue weighted by atomic mass is 19.1. The summed E-state index contributed by atoms with van der Waals surface area (Å²) < 4.78 is 36.3. The van der Waals surface area contributed by atoms with Gasteiger partial charge in [-0.1, -0.05) is 6.07 Å². The summed E-state index contributed by atoms with van der Waals surface area (Å²) in [4.78, 5) is 15.4. The summed E-state index contributed by atoms with van der Waals surface area (Å²) in [6.45, 7) is 0.707. The van der Waals surface area contributed by atoms with Crippen LogP contribution in [0.3, 0.4) is 0 Å². The fraction of sp³-hybridized carbons (Fsp3) is 0.346. The number of nitrogens with zero attached hydrogens (tertiary/aromatic N) is 4. The zero-order valence-electron chi connectivity index (χ0n) is 18.9. The number of hydrogen-bond acceptors (Lipinski definition) is 4.